The van der Waals surface area contributed by atoms with Gasteiger partial charge in [0.1, 0.15) is 37.6 Å². The van der Waals surface area contributed by atoms with Crippen molar-refractivity contribution in [3.63, 3.8) is 0 Å². The number of carbonyl (C=O) groups excluding carboxylic acids is 2. The molecule has 6 aromatic carbocycles. The number of carboxylic acid groups (broad SMARTS) is 2. The Morgan fingerprint density at radius 3 is 1.43 bits per heavy atom. The molecule has 10 N–H and O–H groups in total. The van der Waals surface area contributed by atoms with Crippen LogP contribution in [-0.2, 0) is 87.8 Å². The van der Waals surface area contributed by atoms with Crippen molar-refractivity contribution in [3.8, 4) is 52.1 Å². The van der Waals surface area contributed by atoms with Gasteiger partial charge in [-0.05, 0) is 147 Å². The van der Waals surface area contributed by atoms with Gasteiger partial charge >= 0.3 is 23.9 Å². The first-order valence-electron chi connectivity index (χ1n) is 37.5. The van der Waals surface area contributed by atoms with E-state index in [1.54, 1.807) is 26.0 Å². The largest absolute Gasteiger partial charge is 0.504 e. The first kappa shape index (κ1) is 79.4. The molecule has 0 amide bonds. The van der Waals surface area contributed by atoms with Crippen LogP contribution in [0.1, 0.15) is 142 Å². The molecule has 609 valence electrons. The number of benzene rings is 6. The summed E-state index contributed by atoms with van der Waals surface area (Å²) < 4.78 is 49.0. The van der Waals surface area contributed by atoms with Crippen LogP contribution in [0.15, 0.2) is 60.7 Å². The van der Waals surface area contributed by atoms with Gasteiger partial charge in [0, 0.05) is 119 Å². The van der Waals surface area contributed by atoms with E-state index in [-0.39, 0.29) is 105 Å². The molecule has 0 aliphatic carbocycles. The zero-order valence-electron chi connectivity index (χ0n) is 63.6. The maximum atomic E-state index is 14.9. The van der Waals surface area contributed by atoms with E-state index in [4.69, 9.17) is 53.2 Å². The van der Waals surface area contributed by atoms with E-state index < -0.39 is 111 Å². The molecule has 16 atom stereocenters. The number of phenols is 2. The number of ether oxygens (including phenoxy) is 8. The zero-order valence-corrected chi connectivity index (χ0v) is 66.7. The number of hydrogen-bond acceptors (Lipinski definition) is 26. The number of methoxy groups -OCH3 is 2. The smallest absolute Gasteiger partial charge is 0.333 e. The maximum Gasteiger partial charge on any atom is 0.333 e. The molecule has 8 aromatic rings. The molecule has 30 nitrogen and oxygen atoms in total. The number of esters is 2. The van der Waals surface area contributed by atoms with Crippen LogP contribution in [0.3, 0.4) is 0 Å². The summed E-state index contributed by atoms with van der Waals surface area (Å²) in [4.78, 5) is 79.5. The van der Waals surface area contributed by atoms with Crippen LogP contribution in [0, 0.1) is 63.0 Å². The number of piperazine rings is 2. The average Bonchev–Trinajstić information content (AvgIpc) is 0.818. The van der Waals surface area contributed by atoms with Gasteiger partial charge in [0.05, 0.1) is 61.9 Å². The standard InChI is InChI=1S/C41H41N5O8S.C40H42N4O9S.CH4.Ag.HNO3/c1-17-10-20-11-25-26(13-42)46-27-14-52-40(50)41(38-22(12-24(44-41)39(48)49)21-8-6-7-9-23(21)43-38)15-55-37(28-18(2)19(3)35-36(30(27)28)54-16-53-35)32(46)31(45(25)4)29(20)33(47)34(17)51-5;1-16-10-19-11-24-37(46)44-25-13-51-39(49)40(36-21(12-23(42-40)38(47)48)20-8-6-7-9-22(20)41-36)14-54-35(26-17(2)18(3)33-34(28(25)26)53-15-52-33)30(44)29(43(24)4)27(19)31(45)32(16)50-5;;;2-1(3)4/h6-10,24-27,31-32,37,43-44,47H,11-12,14-16H2,1-5H3,(H,48,49);6-10,23-25,29-30,35,37,41-42,45-46H,11-15H2,1-5H3,(H,47,48);1H4;;(H,2,3,4)/t24-,25-,26-,27-,31+,32+,37+,41+;23-,24-,25-,29+,30+,35+,37-,40+;;;/m00.../s1. The average molecular weight is 1710 g/mol. The predicted octanol–water partition coefficient (Wildman–Crippen LogP) is 8.89. The van der Waals surface area contributed by atoms with Gasteiger partial charge in [-0.1, -0.05) is 56.0 Å². The van der Waals surface area contributed by atoms with Crippen LogP contribution in [-0.4, -0.2) is 204 Å². The number of carbonyl (C=O) groups is 4. The summed E-state index contributed by atoms with van der Waals surface area (Å²) in [5.74, 6) is 0.390. The van der Waals surface area contributed by atoms with Crippen molar-refractivity contribution in [3.05, 3.63) is 171 Å². The molecule has 2 aromatic heterocycles. The fourth-order valence-electron chi connectivity index (χ4n) is 21.3. The molecule has 115 heavy (non-hydrogen) atoms. The Morgan fingerprint density at radius 2 is 1.01 bits per heavy atom. The SMILES string of the molecule is C.COc1c(C)cc2c(c1O)[C@@H]1[C@@H]3[C@@H]4SC[C@]5(N[C@H](C(=O)O)Cc6c5[nH]c5ccccc65)C(=O)OC[C@@H](c5c6c(c(C)c(C)c54)OCO6)N3[C@@H](C#N)[C@H](C2)N1C.COc1c(C)cc2c(c1O)[C@@H]1[C@@H]3[C@@H]4SC[C@]5(N[C@H](C(=O)O)Cc6c5[nH]c5ccccc65)C(=O)OC[C@@H](c5c6c(c(C)c(C)c54)OCO6)N3[C@@H](O)[C@H](C2)N1C.O=[N+]([O-])O.[Ag]. The molecule has 22 rings (SSSR count). The third-order valence-corrected chi connectivity index (χ3v) is 29.3. The van der Waals surface area contributed by atoms with Crippen molar-refractivity contribution in [2.45, 2.75) is 169 Å². The molecular weight excluding hydrogens is 1620 g/mol. The Morgan fingerprint density at radius 1 is 0.609 bits per heavy atom. The number of phenolic OH excluding ortho intramolecular Hbond substituents is 2. The van der Waals surface area contributed by atoms with Crippen molar-refractivity contribution in [2.24, 2.45) is 0 Å². The summed E-state index contributed by atoms with van der Waals surface area (Å²) in [6, 6.07) is 15.9. The Hall–Kier alpha value is -9.47. The molecule has 14 aliphatic heterocycles. The number of hydrogen-bond donors (Lipinski definition) is 10. The van der Waals surface area contributed by atoms with Crippen LogP contribution in [0.2, 0.25) is 0 Å². The number of aryl methyl sites for hydroxylation is 2. The van der Waals surface area contributed by atoms with Crippen LogP contribution < -0.4 is 39.1 Å². The summed E-state index contributed by atoms with van der Waals surface area (Å²) in [5, 5.41) is 89.8. The second-order valence-corrected chi connectivity index (χ2v) is 33.7. The number of para-hydroxylation sites is 2. The van der Waals surface area contributed by atoms with E-state index in [1.807, 2.05) is 90.3 Å². The number of nitriles is 1. The first-order valence-corrected chi connectivity index (χ1v) is 39.6. The second-order valence-electron chi connectivity index (χ2n) is 31.5. The molecule has 0 unspecified atom stereocenters. The molecule has 1 radical (unpaired) electrons. The van der Waals surface area contributed by atoms with Crippen LogP contribution in [0.25, 0.3) is 21.8 Å². The zero-order chi connectivity index (χ0) is 79.3. The number of aliphatic carboxylic acids is 2. The minimum Gasteiger partial charge on any atom is -0.504 e. The number of aliphatic hydroxyl groups excluding tert-OH is 1. The van der Waals surface area contributed by atoms with Crippen LogP contribution in [0.5, 0.6) is 46.0 Å². The first-order chi connectivity index (χ1) is 54.2. The third kappa shape index (κ3) is 11.4. The Labute approximate surface area is 684 Å². The van der Waals surface area contributed by atoms with Gasteiger partial charge < -0.3 is 78.6 Å². The number of rotatable bonds is 4. The fourth-order valence-corrected chi connectivity index (χ4v) is 24.8. The van der Waals surface area contributed by atoms with Crippen molar-refractivity contribution in [1.82, 2.24) is 40.2 Å². The minimum absolute atomic E-state index is 0. The van der Waals surface area contributed by atoms with Gasteiger partial charge in [0.2, 0.25) is 13.6 Å². The molecule has 16 heterocycles. The number of H-pyrrole nitrogens is 2. The summed E-state index contributed by atoms with van der Waals surface area (Å²) in [5.41, 5.74) is 13.9. The van der Waals surface area contributed by atoms with Crippen molar-refractivity contribution in [2.75, 3.05) is 66.6 Å². The number of aromatic hydroxyl groups is 2. The van der Waals surface area contributed by atoms with E-state index >= 15 is 0 Å². The van der Waals surface area contributed by atoms with Crippen LogP contribution in [0.4, 0.5) is 0 Å². The van der Waals surface area contributed by atoms with E-state index in [0.29, 0.717) is 58.7 Å². The van der Waals surface area contributed by atoms with Gasteiger partial charge in [0.15, 0.2) is 57.1 Å². The van der Waals surface area contributed by atoms with E-state index in [2.05, 4.69) is 72.3 Å². The molecule has 4 saturated heterocycles. The number of aliphatic hydroxyl groups is 1. The number of nitrogens with zero attached hydrogens (tertiary/aromatic N) is 6. The molecule has 14 aliphatic rings. The summed E-state index contributed by atoms with van der Waals surface area (Å²) >= 11 is 3.07. The van der Waals surface area contributed by atoms with Crippen molar-refractivity contribution in [1.29, 1.82) is 5.26 Å². The van der Waals surface area contributed by atoms with Gasteiger partial charge in [-0.25, -0.2) is 9.59 Å². The topological polar surface area (TPSA) is 399 Å². The molecule has 4 fully saturated rings. The molecular formula is C82H88AgN10O20S2. The summed E-state index contributed by atoms with van der Waals surface area (Å²) in [7, 11) is 7.14. The van der Waals surface area contributed by atoms with Gasteiger partial charge in [-0.3, -0.25) is 39.8 Å². The van der Waals surface area contributed by atoms with Crippen molar-refractivity contribution >= 4 is 69.2 Å². The van der Waals surface area contributed by atoms with Gasteiger partial charge in [-0.2, -0.15) is 5.26 Å². The van der Waals surface area contributed by atoms with E-state index in [1.165, 1.54) is 11.8 Å². The minimum atomic E-state index is -1.55. The van der Waals surface area contributed by atoms with Gasteiger partial charge in [-0.15, -0.1) is 33.6 Å². The number of fused-ring (bicyclic) bond motifs is 22. The Bertz CT molecular complexity index is 5500. The number of aromatic nitrogens is 2. The second kappa shape index (κ2) is 29.0. The normalized spacial score (nSPS) is 29.4. The van der Waals surface area contributed by atoms with Gasteiger partial charge in [0.25, 0.3) is 5.09 Å². The quantitative estimate of drug-likeness (QED) is 0.0340. The van der Waals surface area contributed by atoms with Crippen LogP contribution >= 0.6 is 23.5 Å². The number of carboxylic acids is 2. The van der Waals surface area contributed by atoms with E-state index in [9.17, 15) is 50.0 Å². The Balaban J connectivity index is 0.000000163. The maximum absolute atomic E-state index is 14.9. The summed E-state index contributed by atoms with van der Waals surface area (Å²) in [6.07, 6.45) is 0.415. The van der Waals surface area contributed by atoms with Crippen molar-refractivity contribution < 1.29 is 115 Å². The third-order valence-electron chi connectivity index (χ3n) is 26.3. The number of aromatic amines is 2. The fraction of sp³-hybridized carbons (Fsp3) is 0.451. The monoisotopic (exact) mass is 1700 g/mol. The number of likely N-dealkylation sites (N-methyl/N-ethyl adjacent to an activating group) is 2. The molecule has 8 bridgehead atoms. The molecule has 0 saturated carbocycles. The molecule has 2 spiro atoms. The Kier molecular flexibility index (Phi) is 20.0. The predicted molar refractivity (Wildman–Crippen MR) is 415 cm³/mol. The van der Waals surface area contributed by atoms with E-state index in [0.717, 1.165) is 111 Å². The summed E-state index contributed by atoms with van der Waals surface area (Å²) in [6.45, 7) is 11.8. The number of nitrogens with one attached hydrogen (secondary N) is 4. The molecule has 33 heteroatoms. The number of thioether (sulfide) groups is 2.